The van der Waals surface area contributed by atoms with Crippen LogP contribution < -0.4 is 0 Å². The lowest BCUT2D eigenvalue weighted by molar-refractivity contribution is 0.129. The van der Waals surface area contributed by atoms with Gasteiger partial charge in [0.2, 0.25) is 0 Å². The molecular formula is C17H33N3O. The van der Waals surface area contributed by atoms with Crippen LogP contribution in [0.15, 0.2) is 5.16 Å². The summed E-state index contributed by atoms with van der Waals surface area (Å²) in [5.74, 6) is 0. The van der Waals surface area contributed by atoms with Gasteiger partial charge in [0.05, 0.1) is 11.8 Å². The summed E-state index contributed by atoms with van der Waals surface area (Å²) in [6.07, 6.45) is 12.7. The second-order valence-electron chi connectivity index (χ2n) is 6.81. The van der Waals surface area contributed by atoms with Crippen LogP contribution in [0.2, 0.25) is 0 Å². The maximum atomic E-state index is 9.50. The van der Waals surface area contributed by atoms with Crippen LogP contribution in [-0.4, -0.2) is 60.0 Å². The number of hydrogen-bond acceptors (Lipinski definition) is 4. The topological polar surface area (TPSA) is 39.1 Å². The molecule has 1 aliphatic carbocycles. The quantitative estimate of drug-likeness (QED) is 0.595. The lowest BCUT2D eigenvalue weighted by Gasteiger charge is -2.38. The number of oxime groups is 1. The minimum atomic E-state index is 0.378. The molecule has 1 saturated heterocycles. The van der Waals surface area contributed by atoms with Gasteiger partial charge in [0.1, 0.15) is 0 Å². The summed E-state index contributed by atoms with van der Waals surface area (Å²) in [4.78, 5) is 4.95. The first-order chi connectivity index (χ1) is 10.3. The fraction of sp³-hybridized carbons (Fsp3) is 0.941. The first-order valence-electron chi connectivity index (χ1n) is 8.94. The SMILES string of the molecule is CN1CCN(C2CCCCCCCCCC/C2=N/O)CC1. The zero-order valence-electron chi connectivity index (χ0n) is 13.8. The van der Waals surface area contributed by atoms with Crippen LogP contribution in [-0.2, 0) is 0 Å². The Hall–Kier alpha value is -0.610. The molecule has 21 heavy (non-hydrogen) atoms. The molecule has 2 aliphatic rings. The third-order valence-corrected chi connectivity index (χ3v) is 5.15. The predicted octanol–water partition coefficient (Wildman–Crippen LogP) is 3.35. The van der Waals surface area contributed by atoms with Crippen molar-refractivity contribution in [2.24, 2.45) is 5.16 Å². The van der Waals surface area contributed by atoms with Gasteiger partial charge in [0, 0.05) is 26.2 Å². The summed E-state index contributed by atoms with van der Waals surface area (Å²) < 4.78 is 0. The maximum absolute atomic E-state index is 9.50. The molecule has 4 nitrogen and oxygen atoms in total. The fourth-order valence-electron chi connectivity index (χ4n) is 3.68. The van der Waals surface area contributed by atoms with Gasteiger partial charge < -0.3 is 10.1 Å². The Balaban J connectivity index is 1.96. The maximum Gasteiger partial charge on any atom is 0.0742 e. The Kier molecular flexibility index (Phi) is 7.51. The molecule has 1 unspecified atom stereocenters. The molecule has 1 heterocycles. The highest BCUT2D eigenvalue weighted by molar-refractivity contribution is 5.89. The minimum absolute atomic E-state index is 0.378. The van der Waals surface area contributed by atoms with Gasteiger partial charge in [0.25, 0.3) is 0 Å². The van der Waals surface area contributed by atoms with Crippen LogP contribution in [0.1, 0.15) is 64.2 Å². The van der Waals surface area contributed by atoms with Gasteiger partial charge >= 0.3 is 0 Å². The van der Waals surface area contributed by atoms with E-state index < -0.39 is 0 Å². The molecule has 0 aromatic heterocycles. The van der Waals surface area contributed by atoms with E-state index >= 15 is 0 Å². The summed E-state index contributed by atoms with van der Waals surface area (Å²) in [5, 5.41) is 13.2. The van der Waals surface area contributed by atoms with E-state index in [2.05, 4.69) is 22.0 Å². The van der Waals surface area contributed by atoms with Gasteiger partial charge in [-0.05, 0) is 26.3 Å². The highest BCUT2D eigenvalue weighted by Gasteiger charge is 2.26. The van der Waals surface area contributed by atoms with Crippen LogP contribution in [0.5, 0.6) is 0 Å². The third-order valence-electron chi connectivity index (χ3n) is 5.15. The summed E-state index contributed by atoms with van der Waals surface area (Å²) in [6, 6.07) is 0.378. The molecule has 1 saturated carbocycles. The van der Waals surface area contributed by atoms with E-state index in [1.165, 1.54) is 57.8 Å². The van der Waals surface area contributed by atoms with Crippen molar-refractivity contribution in [3.05, 3.63) is 0 Å². The Morgan fingerprint density at radius 1 is 0.857 bits per heavy atom. The molecule has 2 rings (SSSR count). The second kappa shape index (κ2) is 9.42. The van der Waals surface area contributed by atoms with E-state index in [1.54, 1.807) is 0 Å². The van der Waals surface area contributed by atoms with E-state index in [-0.39, 0.29) is 0 Å². The van der Waals surface area contributed by atoms with E-state index in [0.29, 0.717) is 6.04 Å². The molecule has 1 aliphatic heterocycles. The van der Waals surface area contributed by atoms with Gasteiger partial charge in [-0.25, -0.2) is 0 Å². The van der Waals surface area contributed by atoms with Gasteiger partial charge in [-0.3, -0.25) is 4.90 Å². The first kappa shape index (κ1) is 16.8. The molecule has 0 spiro atoms. The molecule has 122 valence electrons. The number of rotatable bonds is 1. The molecule has 0 amide bonds. The normalized spacial score (nSPS) is 30.7. The lowest BCUT2D eigenvalue weighted by atomic mass is 9.95. The average Bonchev–Trinajstić information content (AvgIpc) is 2.49. The molecule has 0 aromatic carbocycles. The molecule has 0 aromatic rings. The number of hydrogen-bond donors (Lipinski definition) is 1. The Morgan fingerprint density at radius 2 is 1.43 bits per heavy atom. The molecule has 4 heteroatoms. The number of piperazine rings is 1. The first-order valence-corrected chi connectivity index (χ1v) is 8.94. The van der Waals surface area contributed by atoms with Gasteiger partial charge in [-0.2, -0.15) is 0 Å². The third kappa shape index (κ3) is 5.59. The van der Waals surface area contributed by atoms with Crippen molar-refractivity contribution < 1.29 is 5.21 Å². The predicted molar refractivity (Wildman–Crippen MR) is 88.2 cm³/mol. The Labute approximate surface area is 130 Å². The molecule has 0 radical (unpaired) electrons. The van der Waals surface area contributed by atoms with Gasteiger partial charge in [0.15, 0.2) is 0 Å². The molecule has 1 atom stereocenters. The summed E-state index contributed by atoms with van der Waals surface area (Å²) in [7, 11) is 2.19. The zero-order chi connectivity index (χ0) is 14.9. The number of nitrogens with zero attached hydrogens (tertiary/aromatic N) is 3. The van der Waals surface area contributed by atoms with Crippen LogP contribution in [0.3, 0.4) is 0 Å². The fourth-order valence-corrected chi connectivity index (χ4v) is 3.68. The van der Waals surface area contributed by atoms with Gasteiger partial charge in [-0.1, -0.05) is 50.1 Å². The van der Waals surface area contributed by atoms with Crippen LogP contribution in [0.4, 0.5) is 0 Å². The van der Waals surface area contributed by atoms with Crippen molar-refractivity contribution >= 4 is 5.71 Å². The smallest absolute Gasteiger partial charge is 0.0742 e. The van der Waals surface area contributed by atoms with Crippen molar-refractivity contribution in [2.75, 3.05) is 33.2 Å². The van der Waals surface area contributed by atoms with E-state index in [4.69, 9.17) is 0 Å². The van der Waals surface area contributed by atoms with Crippen molar-refractivity contribution in [1.29, 1.82) is 0 Å². The standard InChI is InChI=1S/C17H33N3O/c1-19-12-14-20(15-13-19)17-11-9-7-5-3-2-4-6-8-10-16(17)18-21/h17,21H,2-15H2,1H3/b18-16-. The Bertz CT molecular complexity index is 311. The number of likely N-dealkylation sites (N-methyl/N-ethyl adjacent to an activating group) is 1. The zero-order valence-corrected chi connectivity index (χ0v) is 13.8. The van der Waals surface area contributed by atoms with Crippen molar-refractivity contribution in [1.82, 2.24) is 9.80 Å². The van der Waals surface area contributed by atoms with E-state index in [0.717, 1.165) is 38.3 Å². The highest BCUT2D eigenvalue weighted by Crippen LogP contribution is 2.20. The molecule has 2 fully saturated rings. The summed E-state index contributed by atoms with van der Waals surface area (Å²) >= 11 is 0. The average molecular weight is 295 g/mol. The largest absolute Gasteiger partial charge is 0.411 e. The Morgan fingerprint density at radius 3 is 2.05 bits per heavy atom. The van der Waals surface area contributed by atoms with Crippen molar-refractivity contribution in [3.8, 4) is 0 Å². The second-order valence-corrected chi connectivity index (χ2v) is 6.81. The summed E-state index contributed by atoms with van der Waals surface area (Å²) in [5.41, 5.74) is 1.04. The van der Waals surface area contributed by atoms with Crippen molar-refractivity contribution in [3.63, 3.8) is 0 Å². The van der Waals surface area contributed by atoms with Crippen LogP contribution >= 0.6 is 0 Å². The summed E-state index contributed by atoms with van der Waals surface area (Å²) in [6.45, 7) is 4.49. The van der Waals surface area contributed by atoms with Gasteiger partial charge in [-0.15, -0.1) is 0 Å². The molecule has 0 bridgehead atoms. The van der Waals surface area contributed by atoms with E-state index in [1.807, 2.05) is 0 Å². The minimum Gasteiger partial charge on any atom is -0.411 e. The van der Waals surface area contributed by atoms with Crippen LogP contribution in [0.25, 0.3) is 0 Å². The molecular weight excluding hydrogens is 262 g/mol. The van der Waals surface area contributed by atoms with Crippen LogP contribution in [0, 0.1) is 0 Å². The lowest BCUT2D eigenvalue weighted by Crippen LogP contribution is -2.51. The highest BCUT2D eigenvalue weighted by atomic mass is 16.4. The van der Waals surface area contributed by atoms with E-state index in [9.17, 15) is 5.21 Å². The molecule has 1 N–H and O–H groups in total. The monoisotopic (exact) mass is 295 g/mol. The van der Waals surface area contributed by atoms with Crippen molar-refractivity contribution in [2.45, 2.75) is 70.3 Å².